The van der Waals surface area contributed by atoms with Crippen LogP contribution in [-0.2, 0) is 5.88 Å². The van der Waals surface area contributed by atoms with Gasteiger partial charge in [0, 0.05) is 11.3 Å². The highest BCUT2D eigenvalue weighted by Crippen LogP contribution is 2.30. The number of hydrogen-bond acceptors (Lipinski definition) is 2. The largest absolute Gasteiger partial charge is 0.439 e. The Bertz CT molecular complexity index is 650. The van der Waals surface area contributed by atoms with Crippen molar-refractivity contribution in [2.45, 2.75) is 46.4 Å². The van der Waals surface area contributed by atoms with Gasteiger partial charge in [0.1, 0.15) is 5.75 Å². The Morgan fingerprint density at radius 3 is 2.38 bits per heavy atom. The Morgan fingerprint density at radius 1 is 1.10 bits per heavy atom. The predicted molar refractivity (Wildman–Crippen MR) is 88.6 cm³/mol. The van der Waals surface area contributed by atoms with E-state index >= 15 is 0 Å². The highest BCUT2D eigenvalue weighted by Gasteiger charge is 2.11. The summed E-state index contributed by atoms with van der Waals surface area (Å²) in [6, 6.07) is 8.21. The van der Waals surface area contributed by atoms with Gasteiger partial charge in [-0.3, -0.25) is 0 Å². The van der Waals surface area contributed by atoms with Crippen molar-refractivity contribution in [3.63, 3.8) is 0 Å². The van der Waals surface area contributed by atoms with E-state index in [2.05, 4.69) is 37.9 Å². The fraction of sp³-hybridized carbons (Fsp3) is 0.389. The second-order valence-corrected chi connectivity index (χ2v) is 6.04. The third-order valence-corrected chi connectivity index (χ3v) is 3.92. The second-order valence-electron chi connectivity index (χ2n) is 5.77. The minimum atomic E-state index is 0.400. The quantitative estimate of drug-likeness (QED) is 0.680. The number of aryl methyl sites for hydroxylation is 3. The van der Waals surface area contributed by atoms with E-state index < -0.39 is 0 Å². The number of aromatic nitrogens is 1. The molecule has 0 aliphatic carbocycles. The molecule has 0 unspecified atom stereocenters. The zero-order valence-corrected chi connectivity index (χ0v) is 14.1. The number of alkyl halides is 1. The maximum absolute atomic E-state index is 6.03. The van der Waals surface area contributed by atoms with Gasteiger partial charge in [0.15, 0.2) is 0 Å². The van der Waals surface area contributed by atoms with E-state index in [1.165, 1.54) is 11.1 Å². The van der Waals surface area contributed by atoms with E-state index in [0.29, 0.717) is 17.7 Å². The van der Waals surface area contributed by atoms with Crippen LogP contribution in [0.1, 0.15) is 47.7 Å². The summed E-state index contributed by atoms with van der Waals surface area (Å²) in [6.45, 7) is 10.5. The minimum Gasteiger partial charge on any atom is -0.439 e. The van der Waals surface area contributed by atoms with Crippen molar-refractivity contribution in [1.82, 2.24) is 4.98 Å². The molecular weight excluding hydrogens is 282 g/mol. The van der Waals surface area contributed by atoms with Crippen LogP contribution in [0.25, 0.3) is 0 Å². The molecule has 0 spiro atoms. The van der Waals surface area contributed by atoms with Crippen molar-refractivity contribution in [3.8, 4) is 11.6 Å². The lowest BCUT2D eigenvalue weighted by molar-refractivity contribution is 0.455. The number of halogens is 1. The molecule has 2 nitrogen and oxygen atoms in total. The molecule has 2 rings (SSSR count). The Kier molecular flexibility index (Phi) is 4.89. The van der Waals surface area contributed by atoms with Crippen molar-refractivity contribution in [1.29, 1.82) is 0 Å². The first-order chi connectivity index (χ1) is 9.92. The number of benzene rings is 1. The number of rotatable bonds is 4. The monoisotopic (exact) mass is 303 g/mol. The van der Waals surface area contributed by atoms with Crippen molar-refractivity contribution < 1.29 is 4.74 Å². The van der Waals surface area contributed by atoms with Crippen molar-refractivity contribution in [2.24, 2.45) is 0 Å². The zero-order valence-electron chi connectivity index (χ0n) is 13.3. The van der Waals surface area contributed by atoms with E-state index in [1.54, 1.807) is 0 Å². The van der Waals surface area contributed by atoms with Gasteiger partial charge in [-0.05, 0) is 61.6 Å². The molecule has 0 radical (unpaired) electrons. The molecule has 1 aromatic heterocycles. The second kappa shape index (κ2) is 6.48. The SMILES string of the molecule is Cc1cc(C)c(CCl)c(Oc2ccc(C(C)C)c(C)c2)n1. The standard InChI is InChI=1S/C18H22ClNO/c1-11(2)16-7-6-15(9-13(16)4)21-18-17(10-19)12(3)8-14(5)20-18/h6-9,11H,10H2,1-5H3. The zero-order chi connectivity index (χ0) is 15.6. The average molecular weight is 304 g/mol. The van der Waals surface area contributed by atoms with E-state index in [1.807, 2.05) is 26.0 Å². The van der Waals surface area contributed by atoms with Crippen LogP contribution in [0.4, 0.5) is 0 Å². The first-order valence-corrected chi connectivity index (χ1v) is 7.77. The van der Waals surface area contributed by atoms with E-state index in [-0.39, 0.29) is 0 Å². The van der Waals surface area contributed by atoms with Crippen LogP contribution in [0, 0.1) is 20.8 Å². The highest BCUT2D eigenvalue weighted by atomic mass is 35.5. The molecule has 112 valence electrons. The summed E-state index contributed by atoms with van der Waals surface area (Å²) >= 11 is 6.03. The van der Waals surface area contributed by atoms with Crippen molar-refractivity contribution in [2.75, 3.05) is 0 Å². The summed E-state index contributed by atoms with van der Waals surface area (Å²) < 4.78 is 5.98. The normalized spacial score (nSPS) is 11.0. The van der Waals surface area contributed by atoms with Gasteiger partial charge in [-0.2, -0.15) is 0 Å². The molecule has 0 amide bonds. The Labute approximate surface area is 132 Å². The van der Waals surface area contributed by atoms with Crippen LogP contribution in [0.5, 0.6) is 11.6 Å². The smallest absolute Gasteiger partial charge is 0.224 e. The topological polar surface area (TPSA) is 22.1 Å². The molecule has 2 aromatic rings. The minimum absolute atomic E-state index is 0.400. The fourth-order valence-corrected chi connectivity index (χ4v) is 2.87. The van der Waals surface area contributed by atoms with E-state index in [9.17, 15) is 0 Å². The summed E-state index contributed by atoms with van der Waals surface area (Å²) in [5.41, 5.74) is 5.58. The van der Waals surface area contributed by atoms with Gasteiger partial charge in [-0.25, -0.2) is 4.98 Å². The van der Waals surface area contributed by atoms with Gasteiger partial charge >= 0.3 is 0 Å². The van der Waals surface area contributed by atoms with Crippen molar-refractivity contribution >= 4 is 11.6 Å². The van der Waals surface area contributed by atoms with Crippen LogP contribution in [0.15, 0.2) is 24.3 Å². The summed E-state index contributed by atoms with van der Waals surface area (Å²) in [5.74, 6) is 2.33. The molecule has 0 saturated heterocycles. The molecule has 1 aromatic carbocycles. The molecule has 0 bridgehead atoms. The molecule has 21 heavy (non-hydrogen) atoms. The lowest BCUT2D eigenvalue weighted by Crippen LogP contribution is -1.99. The van der Waals surface area contributed by atoms with Crippen LogP contribution in [0.3, 0.4) is 0 Å². The molecule has 0 fully saturated rings. The van der Waals surface area contributed by atoms with Crippen LogP contribution < -0.4 is 4.74 Å². The van der Waals surface area contributed by atoms with E-state index in [4.69, 9.17) is 16.3 Å². The number of hydrogen-bond donors (Lipinski definition) is 0. The van der Waals surface area contributed by atoms with Crippen molar-refractivity contribution in [3.05, 3.63) is 52.2 Å². The van der Waals surface area contributed by atoms with Gasteiger partial charge < -0.3 is 4.74 Å². The lowest BCUT2D eigenvalue weighted by Gasteiger charge is -2.14. The van der Waals surface area contributed by atoms with Gasteiger partial charge in [0.2, 0.25) is 5.88 Å². The Hall–Kier alpha value is -1.54. The number of ether oxygens (including phenoxy) is 1. The summed E-state index contributed by atoms with van der Waals surface area (Å²) in [4.78, 5) is 4.48. The Morgan fingerprint density at radius 2 is 1.81 bits per heavy atom. The summed E-state index contributed by atoms with van der Waals surface area (Å²) in [6.07, 6.45) is 0. The van der Waals surface area contributed by atoms with E-state index in [0.717, 1.165) is 22.6 Å². The van der Waals surface area contributed by atoms with Gasteiger partial charge in [-0.15, -0.1) is 11.6 Å². The fourth-order valence-electron chi connectivity index (χ4n) is 2.55. The third-order valence-electron chi connectivity index (χ3n) is 3.65. The molecule has 0 N–H and O–H groups in total. The van der Waals surface area contributed by atoms with Gasteiger partial charge in [0.25, 0.3) is 0 Å². The maximum Gasteiger partial charge on any atom is 0.224 e. The number of pyridine rings is 1. The molecular formula is C18H22ClNO. The Balaban J connectivity index is 2.36. The lowest BCUT2D eigenvalue weighted by atomic mass is 9.98. The molecule has 3 heteroatoms. The van der Waals surface area contributed by atoms with Crippen LogP contribution in [0.2, 0.25) is 0 Å². The van der Waals surface area contributed by atoms with Gasteiger partial charge in [0.05, 0.1) is 5.88 Å². The predicted octanol–water partition coefficient (Wildman–Crippen LogP) is 5.66. The highest BCUT2D eigenvalue weighted by molar-refractivity contribution is 6.17. The molecule has 0 atom stereocenters. The third kappa shape index (κ3) is 3.56. The first-order valence-electron chi connectivity index (χ1n) is 7.24. The number of nitrogens with zero attached hydrogens (tertiary/aromatic N) is 1. The molecule has 0 aliphatic rings. The van der Waals surface area contributed by atoms with Crippen LogP contribution in [-0.4, -0.2) is 4.98 Å². The van der Waals surface area contributed by atoms with Gasteiger partial charge in [-0.1, -0.05) is 19.9 Å². The summed E-state index contributed by atoms with van der Waals surface area (Å²) in [7, 11) is 0. The first kappa shape index (κ1) is 15.8. The molecule has 0 saturated carbocycles. The molecule has 0 aliphatic heterocycles. The molecule has 1 heterocycles. The average Bonchev–Trinajstić information content (AvgIpc) is 2.37. The van der Waals surface area contributed by atoms with Crippen LogP contribution >= 0.6 is 11.6 Å². The summed E-state index contributed by atoms with van der Waals surface area (Å²) in [5, 5.41) is 0. The maximum atomic E-state index is 6.03.